The quantitative estimate of drug-likeness (QED) is 0.292. The molecule has 10 nitrogen and oxygen atoms in total. The molecule has 2 aromatic heterocycles. The van der Waals surface area contributed by atoms with E-state index in [0.717, 1.165) is 0 Å². The average molecular weight is 640 g/mol. The van der Waals surface area contributed by atoms with Crippen LogP contribution >= 0.6 is 0 Å². The summed E-state index contributed by atoms with van der Waals surface area (Å²) in [5.74, 6) is 0.0590. The second-order valence-electron chi connectivity index (χ2n) is 16.0. The van der Waals surface area contributed by atoms with Gasteiger partial charge in [0.15, 0.2) is 31.5 Å². The molecule has 4 atom stereocenters. The summed E-state index contributed by atoms with van der Waals surface area (Å²) in [7, 11) is -5.17. The summed E-state index contributed by atoms with van der Waals surface area (Å²) < 4.78 is 30.3. The van der Waals surface area contributed by atoms with Gasteiger partial charge in [-0.3, -0.25) is 9.36 Å². The summed E-state index contributed by atoms with van der Waals surface area (Å²) in [6.45, 7) is 27.0. The highest BCUT2D eigenvalue weighted by Gasteiger charge is 2.69. The van der Waals surface area contributed by atoms with Gasteiger partial charge in [-0.2, -0.15) is 0 Å². The van der Waals surface area contributed by atoms with Gasteiger partial charge in [0.1, 0.15) is 24.1 Å². The number of anilines is 1. The van der Waals surface area contributed by atoms with E-state index in [2.05, 4.69) is 103 Å². The maximum absolute atomic E-state index is 13.0. The maximum atomic E-state index is 13.0. The van der Waals surface area contributed by atoms with Gasteiger partial charge in [-0.05, 0) is 37.2 Å². The van der Waals surface area contributed by atoms with Crippen LogP contribution in [0.5, 0.6) is 0 Å². The number of nitrogens with one attached hydrogen (secondary N) is 1. The van der Waals surface area contributed by atoms with E-state index in [-0.39, 0.29) is 27.1 Å². The molecule has 0 bridgehead atoms. The fourth-order valence-corrected chi connectivity index (χ4v) is 12.7. The molecule has 0 aliphatic carbocycles. The molecule has 0 spiro atoms. The first-order chi connectivity index (χ1) is 20.2. The third-order valence-electron chi connectivity index (χ3n) is 9.54. The predicted molar refractivity (Wildman–Crippen MR) is 176 cm³/mol. The zero-order chi connectivity index (χ0) is 32.5. The molecule has 2 aliphatic rings. The van der Waals surface area contributed by atoms with Gasteiger partial charge in [0.25, 0.3) is 5.91 Å². The zero-order valence-electron chi connectivity index (χ0n) is 28.3. The van der Waals surface area contributed by atoms with Crippen molar-refractivity contribution in [1.82, 2.24) is 19.5 Å². The Labute approximate surface area is 263 Å². The van der Waals surface area contributed by atoms with Crippen LogP contribution in [0.4, 0.5) is 5.82 Å². The Balaban J connectivity index is 1.59. The van der Waals surface area contributed by atoms with E-state index in [1.165, 1.54) is 6.33 Å². The van der Waals surface area contributed by atoms with Crippen LogP contribution in [-0.2, 0) is 18.0 Å². The summed E-state index contributed by atoms with van der Waals surface area (Å²) in [4.78, 5) is 26.6. The Morgan fingerprint density at radius 3 is 2.25 bits per heavy atom. The topological polar surface area (TPSA) is 110 Å². The molecule has 2 aliphatic heterocycles. The number of fused-ring (bicyclic) bond motifs is 2. The van der Waals surface area contributed by atoms with E-state index < -0.39 is 34.8 Å². The Kier molecular flexibility index (Phi) is 8.08. The van der Waals surface area contributed by atoms with Crippen LogP contribution in [-0.4, -0.2) is 66.7 Å². The fraction of sp³-hybridized carbons (Fsp3) is 0.625. The number of ether oxygens (including phenoxy) is 1. The van der Waals surface area contributed by atoms with Gasteiger partial charge in [0.2, 0.25) is 0 Å². The van der Waals surface area contributed by atoms with Crippen molar-refractivity contribution in [1.29, 1.82) is 0 Å². The molecule has 2 fully saturated rings. The lowest BCUT2D eigenvalue weighted by Gasteiger charge is -2.56. The first-order valence-electron chi connectivity index (χ1n) is 15.4. The van der Waals surface area contributed by atoms with Crippen molar-refractivity contribution < 1.29 is 22.8 Å². The summed E-state index contributed by atoms with van der Waals surface area (Å²) in [5, 5.41) is 2.46. The number of carbonyl (C=O) groups is 1. The molecule has 5 rings (SSSR count). The standard InChI is InChI=1S/C32H49N5O5Si2/c1-29(2,3)43(11,12)41-23-24-32(10,18-39-44(42-24,30(4,5)6)31(7,8)9)40-28(23)37-20-35-22-25(33-19-34-26(22)37)36-27(38)21-16-14-13-15-17-21/h13-17,19-20,23-24,28H,18H2,1-12H3,(H,33,34,36,38)/t23-,24?,28+,32+/m0/s1. The van der Waals surface area contributed by atoms with Gasteiger partial charge in [-0.1, -0.05) is 80.5 Å². The third kappa shape index (κ3) is 5.47. The molecule has 3 aromatic rings. The highest BCUT2D eigenvalue weighted by atomic mass is 28.4. The Morgan fingerprint density at radius 2 is 1.66 bits per heavy atom. The van der Waals surface area contributed by atoms with E-state index in [9.17, 15) is 4.79 Å². The van der Waals surface area contributed by atoms with E-state index in [1.54, 1.807) is 18.5 Å². The minimum Gasteiger partial charge on any atom is -0.407 e. The molecule has 2 saturated heterocycles. The van der Waals surface area contributed by atoms with Gasteiger partial charge in [-0.25, -0.2) is 15.0 Å². The van der Waals surface area contributed by atoms with Gasteiger partial charge in [0, 0.05) is 15.6 Å². The number of rotatable bonds is 5. The fourth-order valence-electron chi connectivity index (χ4n) is 6.34. The minimum absolute atomic E-state index is 0.0433. The number of amides is 1. The Bertz CT molecular complexity index is 1510. The number of hydrogen-bond acceptors (Lipinski definition) is 8. The Hall–Kier alpha value is -2.49. The predicted octanol–water partition coefficient (Wildman–Crippen LogP) is 7.21. The SMILES string of the molecule is CC(C)(C)[Si](C)(C)O[C@H]1C2O[Si](C(C)(C)C)(C(C)(C)C)OC[C@@]2(C)O[C@H]1n1cnc2c(NC(=O)c3ccccc3)ncnc21. The molecular weight excluding hydrogens is 591 g/mol. The van der Waals surface area contributed by atoms with Crippen LogP contribution in [0.15, 0.2) is 43.0 Å². The summed E-state index contributed by atoms with van der Waals surface area (Å²) >= 11 is 0. The molecule has 4 heterocycles. The summed E-state index contributed by atoms with van der Waals surface area (Å²) in [6.07, 6.45) is 1.72. The number of hydrogen-bond donors (Lipinski definition) is 1. The molecule has 0 radical (unpaired) electrons. The van der Waals surface area contributed by atoms with Crippen molar-refractivity contribution >= 4 is 39.8 Å². The van der Waals surface area contributed by atoms with Crippen molar-refractivity contribution in [2.45, 2.75) is 121 Å². The van der Waals surface area contributed by atoms with Gasteiger partial charge in [0.05, 0.1) is 12.9 Å². The van der Waals surface area contributed by atoms with E-state index in [1.807, 2.05) is 22.8 Å². The van der Waals surface area contributed by atoms with Crippen molar-refractivity contribution in [2.75, 3.05) is 11.9 Å². The monoisotopic (exact) mass is 639 g/mol. The van der Waals surface area contributed by atoms with Crippen LogP contribution in [0.3, 0.4) is 0 Å². The molecule has 1 unspecified atom stereocenters. The summed E-state index contributed by atoms with van der Waals surface area (Å²) in [6, 6.07) is 9.02. The number of imidazole rings is 1. The third-order valence-corrected chi connectivity index (χ3v) is 19.1. The highest BCUT2D eigenvalue weighted by Crippen LogP contribution is 2.58. The smallest absolute Gasteiger partial charge is 0.349 e. The second kappa shape index (κ2) is 10.8. The van der Waals surface area contributed by atoms with Crippen molar-refractivity contribution in [2.24, 2.45) is 0 Å². The first-order valence-corrected chi connectivity index (χ1v) is 20.1. The molecule has 240 valence electrons. The lowest BCUT2D eigenvalue weighted by atomic mass is 9.98. The molecular formula is C32H49N5O5Si2. The van der Waals surface area contributed by atoms with Gasteiger partial charge < -0.3 is 23.3 Å². The zero-order valence-corrected chi connectivity index (χ0v) is 30.3. The number of carbonyl (C=O) groups excluding carboxylic acids is 1. The molecule has 1 amide bonds. The normalized spacial score (nSPS) is 26.0. The van der Waals surface area contributed by atoms with E-state index >= 15 is 0 Å². The van der Waals surface area contributed by atoms with Crippen LogP contribution in [0.25, 0.3) is 11.2 Å². The van der Waals surface area contributed by atoms with Gasteiger partial charge >= 0.3 is 8.56 Å². The van der Waals surface area contributed by atoms with E-state index in [0.29, 0.717) is 29.2 Å². The molecule has 0 saturated carbocycles. The van der Waals surface area contributed by atoms with Crippen molar-refractivity contribution in [3.05, 3.63) is 48.5 Å². The minimum atomic E-state index is -2.85. The first kappa shape index (κ1) is 32.9. The average Bonchev–Trinajstić information content (AvgIpc) is 3.46. The summed E-state index contributed by atoms with van der Waals surface area (Å²) in [5.41, 5.74) is 0.769. The lowest BCUT2D eigenvalue weighted by molar-refractivity contribution is -0.144. The molecule has 1 N–H and O–H groups in total. The van der Waals surface area contributed by atoms with Crippen LogP contribution in [0.1, 0.15) is 85.8 Å². The number of aromatic nitrogens is 4. The van der Waals surface area contributed by atoms with Crippen LogP contribution in [0, 0.1) is 0 Å². The molecule has 1 aromatic carbocycles. The largest absolute Gasteiger partial charge is 0.407 e. The van der Waals surface area contributed by atoms with Crippen LogP contribution in [0.2, 0.25) is 28.2 Å². The van der Waals surface area contributed by atoms with Crippen LogP contribution < -0.4 is 5.32 Å². The second-order valence-corrected chi connectivity index (χ2v) is 25.5. The maximum Gasteiger partial charge on any atom is 0.349 e. The van der Waals surface area contributed by atoms with Crippen molar-refractivity contribution in [3.8, 4) is 0 Å². The van der Waals surface area contributed by atoms with Crippen molar-refractivity contribution in [3.63, 3.8) is 0 Å². The number of nitrogens with zero attached hydrogens (tertiary/aromatic N) is 4. The molecule has 44 heavy (non-hydrogen) atoms. The van der Waals surface area contributed by atoms with Gasteiger partial charge in [-0.15, -0.1) is 0 Å². The Morgan fingerprint density at radius 1 is 1.02 bits per heavy atom. The molecule has 12 heteroatoms. The lowest BCUT2D eigenvalue weighted by Crippen LogP contribution is -2.68. The number of benzene rings is 1. The highest BCUT2D eigenvalue weighted by molar-refractivity contribution is 6.74. The van der Waals surface area contributed by atoms with E-state index in [4.69, 9.17) is 18.0 Å².